The first-order valence-electron chi connectivity index (χ1n) is 7.17. The highest BCUT2D eigenvalue weighted by Gasteiger charge is 2.51. The average molecular weight is 289 g/mol. The van der Waals surface area contributed by atoms with Gasteiger partial charge in [0.15, 0.2) is 6.04 Å². The number of amides is 1. The second kappa shape index (κ2) is 4.76. The maximum Gasteiger partial charge on any atom is 0.330 e. The van der Waals surface area contributed by atoms with Crippen molar-refractivity contribution < 1.29 is 19.4 Å². The predicted octanol–water partition coefficient (Wildman–Crippen LogP) is 1.91. The number of aliphatic carboxylic acids is 1. The Bertz CT molecular complexity index is 608. The summed E-state index contributed by atoms with van der Waals surface area (Å²) >= 11 is 0. The number of carbonyl (C=O) groups excluding carboxylic acids is 1. The van der Waals surface area contributed by atoms with Gasteiger partial charge in [-0.3, -0.25) is 4.79 Å². The first-order valence-corrected chi connectivity index (χ1v) is 7.17. The second-order valence-electron chi connectivity index (χ2n) is 6.49. The maximum absolute atomic E-state index is 12.1. The average Bonchev–Trinajstić information content (AvgIpc) is 2.86. The van der Waals surface area contributed by atoms with E-state index in [1.165, 1.54) is 0 Å². The molecular formula is C16H19NO4. The molecule has 1 aromatic rings. The minimum absolute atomic E-state index is 0.0150. The largest absolute Gasteiger partial charge is 0.493 e. The van der Waals surface area contributed by atoms with E-state index in [1.807, 2.05) is 19.9 Å². The van der Waals surface area contributed by atoms with Crippen LogP contribution in [0.5, 0.6) is 5.75 Å². The zero-order valence-electron chi connectivity index (χ0n) is 12.2. The number of ether oxygens (including phenoxy) is 1. The van der Waals surface area contributed by atoms with Gasteiger partial charge in [-0.15, -0.1) is 0 Å². The molecule has 1 heterocycles. The molecule has 1 aliphatic heterocycles. The molecular weight excluding hydrogens is 270 g/mol. The summed E-state index contributed by atoms with van der Waals surface area (Å²) in [6.45, 7) is 4.65. The molecule has 0 bridgehead atoms. The number of hydrogen-bond donors (Lipinski definition) is 2. The number of hydrogen-bond acceptors (Lipinski definition) is 3. The Labute approximate surface area is 123 Å². The standard InChI is InChI=1S/C16H19NO4/c1-16(2)8-11(16)14(18)17-13(15(19)20)10-3-4-12-9(7-10)5-6-21-12/h3-4,7,11,13H,5-6,8H2,1-2H3,(H,17,18)(H,19,20). The summed E-state index contributed by atoms with van der Waals surface area (Å²) in [6, 6.07) is 4.31. The summed E-state index contributed by atoms with van der Waals surface area (Å²) < 4.78 is 5.42. The van der Waals surface area contributed by atoms with Crippen LogP contribution in [0.1, 0.15) is 37.4 Å². The third-order valence-electron chi connectivity index (χ3n) is 4.41. The van der Waals surface area contributed by atoms with Gasteiger partial charge in [-0.25, -0.2) is 4.79 Å². The molecule has 2 atom stereocenters. The molecule has 2 N–H and O–H groups in total. The van der Waals surface area contributed by atoms with Crippen molar-refractivity contribution in [3.05, 3.63) is 29.3 Å². The van der Waals surface area contributed by atoms with Crippen LogP contribution in [0.3, 0.4) is 0 Å². The maximum atomic E-state index is 12.1. The van der Waals surface area contributed by atoms with E-state index in [1.54, 1.807) is 12.1 Å². The van der Waals surface area contributed by atoms with E-state index < -0.39 is 12.0 Å². The lowest BCUT2D eigenvalue weighted by molar-refractivity contribution is -0.142. The Hall–Kier alpha value is -2.04. The number of carbonyl (C=O) groups is 2. The van der Waals surface area contributed by atoms with Crippen LogP contribution in [0.15, 0.2) is 18.2 Å². The van der Waals surface area contributed by atoms with Gasteiger partial charge in [0.25, 0.3) is 0 Å². The second-order valence-corrected chi connectivity index (χ2v) is 6.49. The summed E-state index contributed by atoms with van der Waals surface area (Å²) in [5, 5.41) is 12.1. The topological polar surface area (TPSA) is 75.6 Å². The first-order chi connectivity index (χ1) is 9.88. The Kier molecular flexibility index (Phi) is 3.15. The normalized spacial score (nSPS) is 22.9. The molecule has 0 spiro atoms. The SMILES string of the molecule is CC1(C)CC1C(=O)NC(C(=O)O)c1ccc2c(c1)CCO2. The fourth-order valence-corrected chi connectivity index (χ4v) is 2.83. The van der Waals surface area contributed by atoms with Gasteiger partial charge in [0, 0.05) is 12.3 Å². The molecule has 0 radical (unpaired) electrons. The molecule has 1 fully saturated rings. The lowest BCUT2D eigenvalue weighted by Crippen LogP contribution is -2.35. The van der Waals surface area contributed by atoms with Crippen LogP contribution in [-0.2, 0) is 16.0 Å². The predicted molar refractivity (Wildman–Crippen MR) is 76.0 cm³/mol. The molecule has 112 valence electrons. The molecule has 21 heavy (non-hydrogen) atoms. The molecule has 1 aromatic carbocycles. The minimum atomic E-state index is -1.04. The van der Waals surface area contributed by atoms with Crippen molar-refractivity contribution >= 4 is 11.9 Å². The van der Waals surface area contributed by atoms with E-state index in [2.05, 4.69) is 5.32 Å². The van der Waals surface area contributed by atoms with Gasteiger partial charge in [-0.05, 0) is 35.1 Å². The van der Waals surface area contributed by atoms with E-state index in [-0.39, 0.29) is 17.2 Å². The Morgan fingerprint density at radius 2 is 2.14 bits per heavy atom. The highest BCUT2D eigenvalue weighted by molar-refractivity contribution is 5.88. The van der Waals surface area contributed by atoms with Crippen LogP contribution in [0.2, 0.25) is 0 Å². The van der Waals surface area contributed by atoms with Gasteiger partial charge in [0.1, 0.15) is 5.75 Å². The number of benzene rings is 1. The fraction of sp³-hybridized carbons (Fsp3) is 0.500. The molecule has 1 saturated carbocycles. The third kappa shape index (κ3) is 2.60. The monoisotopic (exact) mass is 289 g/mol. The van der Waals surface area contributed by atoms with Gasteiger partial charge < -0.3 is 15.2 Å². The molecule has 1 amide bonds. The van der Waals surface area contributed by atoms with Crippen molar-refractivity contribution in [3.63, 3.8) is 0 Å². The summed E-state index contributed by atoms with van der Waals surface area (Å²) in [7, 11) is 0. The molecule has 3 rings (SSSR count). The zero-order chi connectivity index (χ0) is 15.2. The highest BCUT2D eigenvalue weighted by atomic mass is 16.5. The summed E-state index contributed by atoms with van der Waals surface area (Å²) in [4.78, 5) is 23.6. The van der Waals surface area contributed by atoms with Gasteiger partial charge in [-0.1, -0.05) is 19.9 Å². The molecule has 0 saturated heterocycles. The highest BCUT2D eigenvalue weighted by Crippen LogP contribution is 2.51. The summed E-state index contributed by atoms with van der Waals surface area (Å²) in [5.74, 6) is -0.500. The lowest BCUT2D eigenvalue weighted by Gasteiger charge is -2.16. The molecule has 5 nitrogen and oxygen atoms in total. The number of rotatable bonds is 4. The van der Waals surface area contributed by atoms with Crippen molar-refractivity contribution in [3.8, 4) is 5.75 Å². The van der Waals surface area contributed by atoms with Crippen LogP contribution in [0, 0.1) is 11.3 Å². The van der Waals surface area contributed by atoms with Crippen LogP contribution < -0.4 is 10.1 Å². The van der Waals surface area contributed by atoms with Crippen molar-refractivity contribution in [2.75, 3.05) is 6.61 Å². The van der Waals surface area contributed by atoms with Crippen molar-refractivity contribution in [2.45, 2.75) is 32.7 Å². The molecule has 0 aromatic heterocycles. The Balaban J connectivity index is 1.79. The van der Waals surface area contributed by atoms with Crippen LogP contribution in [0.25, 0.3) is 0 Å². The van der Waals surface area contributed by atoms with Gasteiger partial charge in [-0.2, -0.15) is 0 Å². The lowest BCUT2D eigenvalue weighted by atomic mass is 10.0. The van der Waals surface area contributed by atoms with Crippen molar-refractivity contribution in [1.29, 1.82) is 0 Å². The Morgan fingerprint density at radius 3 is 2.76 bits per heavy atom. The van der Waals surface area contributed by atoms with Crippen LogP contribution in [0.4, 0.5) is 0 Å². The quantitative estimate of drug-likeness (QED) is 0.887. The first kappa shape index (κ1) is 13.9. The zero-order valence-corrected chi connectivity index (χ0v) is 12.2. The van der Waals surface area contributed by atoms with E-state index in [0.717, 1.165) is 24.2 Å². The number of fused-ring (bicyclic) bond motifs is 1. The van der Waals surface area contributed by atoms with E-state index in [4.69, 9.17) is 4.74 Å². The Morgan fingerprint density at radius 1 is 1.43 bits per heavy atom. The van der Waals surface area contributed by atoms with E-state index >= 15 is 0 Å². The van der Waals surface area contributed by atoms with Gasteiger partial charge in [0.2, 0.25) is 5.91 Å². The van der Waals surface area contributed by atoms with Crippen molar-refractivity contribution in [1.82, 2.24) is 5.32 Å². The molecule has 5 heteroatoms. The van der Waals surface area contributed by atoms with Crippen LogP contribution >= 0.6 is 0 Å². The number of nitrogens with one attached hydrogen (secondary N) is 1. The van der Waals surface area contributed by atoms with Crippen molar-refractivity contribution in [2.24, 2.45) is 11.3 Å². The summed E-state index contributed by atoms with van der Waals surface area (Å²) in [6.07, 6.45) is 1.59. The van der Waals surface area contributed by atoms with Crippen LogP contribution in [-0.4, -0.2) is 23.6 Å². The van der Waals surface area contributed by atoms with Gasteiger partial charge in [0.05, 0.1) is 6.61 Å². The number of carboxylic acids is 1. The molecule has 2 aliphatic rings. The molecule has 2 unspecified atom stereocenters. The number of carboxylic acid groups (broad SMARTS) is 1. The fourth-order valence-electron chi connectivity index (χ4n) is 2.83. The smallest absolute Gasteiger partial charge is 0.330 e. The van der Waals surface area contributed by atoms with E-state index in [9.17, 15) is 14.7 Å². The minimum Gasteiger partial charge on any atom is -0.493 e. The van der Waals surface area contributed by atoms with Gasteiger partial charge >= 0.3 is 5.97 Å². The summed E-state index contributed by atoms with van der Waals surface area (Å²) in [5.41, 5.74) is 1.58. The van der Waals surface area contributed by atoms with E-state index in [0.29, 0.717) is 12.2 Å². The molecule has 1 aliphatic carbocycles. The third-order valence-corrected chi connectivity index (χ3v) is 4.41.